The normalized spacial score (nSPS) is 10.8. The van der Waals surface area contributed by atoms with Gasteiger partial charge >= 0.3 is 0 Å². The molecule has 0 spiro atoms. The topological polar surface area (TPSA) is 39.1 Å². The molecule has 0 unspecified atom stereocenters. The van der Waals surface area contributed by atoms with E-state index in [1.165, 1.54) is 0 Å². The van der Waals surface area contributed by atoms with Crippen molar-refractivity contribution in [3.05, 3.63) is 45.7 Å². The summed E-state index contributed by atoms with van der Waals surface area (Å²) in [6, 6.07) is 5.73. The molecule has 2 aromatic rings. The summed E-state index contributed by atoms with van der Waals surface area (Å²) in [5.74, 6) is 0.0786. The number of aryl methyl sites for hydroxylation is 2. The van der Waals surface area contributed by atoms with Crippen molar-refractivity contribution in [2.24, 2.45) is 0 Å². The van der Waals surface area contributed by atoms with Gasteiger partial charge in [0.05, 0.1) is 12.1 Å². The van der Waals surface area contributed by atoms with Gasteiger partial charge in [0.25, 0.3) is 0 Å². The van der Waals surface area contributed by atoms with Crippen molar-refractivity contribution in [3.63, 3.8) is 0 Å². The molecular weight excluding hydrogens is 214 g/mol. The molecular formula is C14H15NO2. The number of hydrogen-bond donors (Lipinski definition) is 0. The fourth-order valence-electron chi connectivity index (χ4n) is 2.03. The standard InChI is InChI=1S/C14H15NO2/c1-9-4-5-13-12(6-9)14(17)10(2)7-15(13)8-11(3)16/h4-7H,8H2,1-3H3. The number of Topliss-reactive ketones (excluding diaryl/α,β-unsaturated/α-hetero) is 1. The number of nitrogens with zero attached hydrogens (tertiary/aromatic N) is 1. The number of fused-ring (bicyclic) bond motifs is 1. The summed E-state index contributed by atoms with van der Waals surface area (Å²) in [5.41, 5.74) is 2.59. The number of carbonyl (C=O) groups excluding carboxylic acids is 1. The van der Waals surface area contributed by atoms with Gasteiger partial charge < -0.3 is 4.57 Å². The van der Waals surface area contributed by atoms with Crippen LogP contribution in [0.2, 0.25) is 0 Å². The number of carbonyl (C=O) groups is 1. The minimum absolute atomic E-state index is 0.0449. The van der Waals surface area contributed by atoms with Crippen LogP contribution in [-0.2, 0) is 11.3 Å². The Kier molecular flexibility index (Phi) is 2.84. The molecule has 3 heteroatoms. The van der Waals surface area contributed by atoms with E-state index in [0.29, 0.717) is 17.5 Å². The first-order valence-corrected chi connectivity index (χ1v) is 5.59. The van der Waals surface area contributed by atoms with Crippen LogP contribution in [0.1, 0.15) is 18.1 Å². The fraction of sp³-hybridized carbons (Fsp3) is 0.286. The zero-order valence-corrected chi connectivity index (χ0v) is 10.3. The summed E-state index contributed by atoms with van der Waals surface area (Å²) in [4.78, 5) is 23.2. The molecule has 0 atom stereocenters. The minimum atomic E-state index is 0.0449. The van der Waals surface area contributed by atoms with Crippen LogP contribution in [0, 0.1) is 13.8 Å². The highest BCUT2D eigenvalue weighted by Crippen LogP contribution is 2.13. The molecule has 0 fully saturated rings. The van der Waals surface area contributed by atoms with E-state index >= 15 is 0 Å². The van der Waals surface area contributed by atoms with Crippen LogP contribution in [0.4, 0.5) is 0 Å². The lowest BCUT2D eigenvalue weighted by Gasteiger charge is -2.11. The monoisotopic (exact) mass is 229 g/mol. The molecule has 1 heterocycles. The van der Waals surface area contributed by atoms with Crippen LogP contribution in [0.3, 0.4) is 0 Å². The molecule has 0 N–H and O–H groups in total. The van der Waals surface area contributed by atoms with Crippen LogP contribution in [0.15, 0.2) is 29.2 Å². The predicted octanol–water partition coefficient (Wildman–Crippen LogP) is 2.21. The van der Waals surface area contributed by atoms with Crippen molar-refractivity contribution >= 4 is 16.7 Å². The van der Waals surface area contributed by atoms with Gasteiger partial charge in [-0.25, -0.2) is 0 Å². The van der Waals surface area contributed by atoms with E-state index in [1.54, 1.807) is 20.0 Å². The second-order valence-corrected chi connectivity index (χ2v) is 4.49. The lowest BCUT2D eigenvalue weighted by molar-refractivity contribution is -0.117. The molecule has 0 radical (unpaired) electrons. The third-order valence-electron chi connectivity index (χ3n) is 2.81. The number of pyridine rings is 1. The summed E-state index contributed by atoms with van der Waals surface area (Å²) in [6.45, 7) is 5.59. The molecule has 1 aromatic carbocycles. The number of aromatic nitrogens is 1. The van der Waals surface area contributed by atoms with Crippen molar-refractivity contribution in [2.75, 3.05) is 0 Å². The van der Waals surface area contributed by atoms with Gasteiger partial charge in [-0.2, -0.15) is 0 Å². The Morgan fingerprint density at radius 1 is 1.29 bits per heavy atom. The lowest BCUT2D eigenvalue weighted by atomic mass is 10.1. The van der Waals surface area contributed by atoms with Crippen molar-refractivity contribution in [1.29, 1.82) is 0 Å². The summed E-state index contributed by atoms with van der Waals surface area (Å²) in [5, 5.41) is 0.686. The van der Waals surface area contributed by atoms with Crippen LogP contribution in [-0.4, -0.2) is 10.4 Å². The Morgan fingerprint density at radius 2 is 2.00 bits per heavy atom. The minimum Gasteiger partial charge on any atom is -0.340 e. The van der Waals surface area contributed by atoms with Crippen molar-refractivity contribution < 1.29 is 4.79 Å². The third kappa shape index (κ3) is 2.13. The van der Waals surface area contributed by atoms with E-state index in [1.807, 2.05) is 29.7 Å². The largest absolute Gasteiger partial charge is 0.340 e. The molecule has 0 saturated carbocycles. The van der Waals surface area contributed by atoms with E-state index in [2.05, 4.69) is 0 Å². The SMILES string of the molecule is CC(=O)Cn1cc(C)c(=O)c2cc(C)ccc21. The molecule has 0 aliphatic carbocycles. The Hall–Kier alpha value is -1.90. The maximum Gasteiger partial charge on any atom is 0.192 e. The second-order valence-electron chi connectivity index (χ2n) is 4.49. The van der Waals surface area contributed by atoms with E-state index in [-0.39, 0.29) is 11.2 Å². The van der Waals surface area contributed by atoms with Gasteiger partial charge in [0, 0.05) is 17.1 Å². The molecule has 3 nitrogen and oxygen atoms in total. The van der Waals surface area contributed by atoms with E-state index < -0.39 is 0 Å². The van der Waals surface area contributed by atoms with Gasteiger partial charge in [-0.1, -0.05) is 11.6 Å². The first kappa shape index (κ1) is 11.6. The highest BCUT2D eigenvalue weighted by molar-refractivity contribution is 5.83. The van der Waals surface area contributed by atoms with Crippen LogP contribution >= 0.6 is 0 Å². The van der Waals surface area contributed by atoms with Gasteiger partial charge in [-0.3, -0.25) is 9.59 Å². The Labute approximate surface area is 99.7 Å². The maximum atomic E-state index is 12.0. The van der Waals surface area contributed by atoms with Crippen LogP contribution in [0.5, 0.6) is 0 Å². The lowest BCUT2D eigenvalue weighted by Crippen LogP contribution is -2.15. The van der Waals surface area contributed by atoms with E-state index in [9.17, 15) is 9.59 Å². The van der Waals surface area contributed by atoms with Gasteiger partial charge in [0.1, 0.15) is 5.78 Å². The first-order chi connectivity index (χ1) is 7.99. The maximum absolute atomic E-state index is 12.0. The average molecular weight is 229 g/mol. The summed E-state index contributed by atoms with van der Waals surface area (Å²) in [7, 11) is 0. The number of hydrogen-bond acceptors (Lipinski definition) is 2. The summed E-state index contributed by atoms with van der Waals surface area (Å²) in [6.07, 6.45) is 1.75. The second kappa shape index (κ2) is 4.17. The molecule has 0 bridgehead atoms. The van der Waals surface area contributed by atoms with Gasteiger partial charge in [0.2, 0.25) is 0 Å². The van der Waals surface area contributed by atoms with E-state index in [0.717, 1.165) is 11.1 Å². The van der Waals surface area contributed by atoms with Crippen molar-refractivity contribution in [2.45, 2.75) is 27.3 Å². The van der Waals surface area contributed by atoms with Crippen LogP contribution < -0.4 is 5.43 Å². The number of rotatable bonds is 2. The molecule has 0 aliphatic heterocycles. The molecule has 2 rings (SSSR count). The smallest absolute Gasteiger partial charge is 0.192 e. The van der Waals surface area contributed by atoms with Gasteiger partial charge in [-0.05, 0) is 32.9 Å². The molecule has 0 aliphatic rings. The predicted molar refractivity (Wildman–Crippen MR) is 68.4 cm³/mol. The Bertz CT molecular complexity index is 653. The molecule has 1 aromatic heterocycles. The zero-order valence-electron chi connectivity index (χ0n) is 10.3. The zero-order chi connectivity index (χ0) is 12.6. The third-order valence-corrected chi connectivity index (χ3v) is 2.81. The van der Waals surface area contributed by atoms with Crippen LogP contribution in [0.25, 0.3) is 10.9 Å². The molecule has 0 saturated heterocycles. The van der Waals surface area contributed by atoms with Gasteiger partial charge in [0.15, 0.2) is 5.43 Å². The Morgan fingerprint density at radius 3 is 2.65 bits per heavy atom. The number of benzene rings is 1. The summed E-state index contributed by atoms with van der Waals surface area (Å²) < 4.78 is 1.84. The highest BCUT2D eigenvalue weighted by Gasteiger charge is 2.07. The highest BCUT2D eigenvalue weighted by atomic mass is 16.1. The van der Waals surface area contributed by atoms with E-state index in [4.69, 9.17) is 0 Å². The summed E-state index contributed by atoms with van der Waals surface area (Å²) >= 11 is 0. The quantitative estimate of drug-likeness (QED) is 0.792. The Balaban J connectivity index is 2.82. The van der Waals surface area contributed by atoms with Gasteiger partial charge in [-0.15, -0.1) is 0 Å². The molecule has 0 amide bonds. The first-order valence-electron chi connectivity index (χ1n) is 5.59. The molecule has 88 valence electrons. The van der Waals surface area contributed by atoms with Crippen molar-refractivity contribution in [1.82, 2.24) is 4.57 Å². The fourth-order valence-corrected chi connectivity index (χ4v) is 2.03. The average Bonchev–Trinajstić information content (AvgIpc) is 2.24. The number of ketones is 1. The molecule has 17 heavy (non-hydrogen) atoms. The van der Waals surface area contributed by atoms with Crippen molar-refractivity contribution in [3.8, 4) is 0 Å².